The molecule has 0 spiro atoms. The summed E-state index contributed by atoms with van der Waals surface area (Å²) in [6.07, 6.45) is 3.66. The van der Waals surface area contributed by atoms with Crippen molar-refractivity contribution in [1.82, 2.24) is 14.5 Å². The van der Waals surface area contributed by atoms with Gasteiger partial charge < -0.3 is 9.47 Å². The van der Waals surface area contributed by atoms with E-state index in [2.05, 4.69) is 16.0 Å². The van der Waals surface area contributed by atoms with Gasteiger partial charge in [0.15, 0.2) is 0 Å². The van der Waals surface area contributed by atoms with E-state index in [0.29, 0.717) is 17.9 Å². The maximum atomic E-state index is 9.10. The van der Waals surface area contributed by atoms with Crippen LogP contribution in [0.4, 0.5) is 5.82 Å². The van der Waals surface area contributed by atoms with Crippen molar-refractivity contribution in [1.29, 1.82) is 5.26 Å². The lowest BCUT2D eigenvalue weighted by Crippen LogP contribution is -2.21. The molecular formula is C13H15N5. The van der Waals surface area contributed by atoms with Crippen LogP contribution in [0.15, 0.2) is 24.5 Å². The molecule has 2 rings (SSSR count). The summed E-state index contributed by atoms with van der Waals surface area (Å²) in [5.74, 6) is 1.63. The molecule has 0 atom stereocenters. The molecule has 2 heterocycles. The number of nitriles is 1. The van der Waals surface area contributed by atoms with E-state index in [-0.39, 0.29) is 0 Å². The summed E-state index contributed by atoms with van der Waals surface area (Å²) in [7, 11) is 3.86. The fourth-order valence-electron chi connectivity index (χ4n) is 1.76. The Kier molecular flexibility index (Phi) is 3.28. The maximum Gasteiger partial charge on any atom is 0.146 e. The zero-order chi connectivity index (χ0) is 13.1. The second-order valence-corrected chi connectivity index (χ2v) is 4.25. The van der Waals surface area contributed by atoms with E-state index in [1.54, 1.807) is 12.3 Å². The van der Waals surface area contributed by atoms with Crippen LogP contribution in [-0.2, 0) is 13.6 Å². The number of aryl methyl sites for hydroxylation is 2. The fourth-order valence-corrected chi connectivity index (χ4v) is 1.76. The topological polar surface area (TPSA) is 57.7 Å². The Morgan fingerprint density at radius 3 is 2.83 bits per heavy atom. The third-order valence-electron chi connectivity index (χ3n) is 2.80. The molecule has 0 aliphatic carbocycles. The molecule has 0 fully saturated rings. The number of nitrogens with zero attached hydrogens (tertiary/aromatic N) is 5. The van der Waals surface area contributed by atoms with Crippen molar-refractivity contribution in [3.8, 4) is 6.07 Å². The normalized spacial score (nSPS) is 10.1. The van der Waals surface area contributed by atoms with Gasteiger partial charge in [-0.15, -0.1) is 0 Å². The minimum Gasteiger partial charge on any atom is -0.351 e. The number of pyridine rings is 1. The molecule has 0 aliphatic rings. The van der Waals surface area contributed by atoms with Crippen molar-refractivity contribution in [2.75, 3.05) is 11.9 Å². The van der Waals surface area contributed by atoms with Gasteiger partial charge in [-0.05, 0) is 19.1 Å². The minimum atomic E-state index is 0.581. The van der Waals surface area contributed by atoms with E-state index in [4.69, 9.17) is 5.26 Å². The third-order valence-corrected chi connectivity index (χ3v) is 2.80. The van der Waals surface area contributed by atoms with E-state index in [9.17, 15) is 0 Å². The van der Waals surface area contributed by atoms with Gasteiger partial charge in [0.05, 0.1) is 12.1 Å². The SMILES string of the molecule is Cc1ccc(C#N)c(N(C)Cc2nccn2C)n1. The Balaban J connectivity index is 2.29. The largest absolute Gasteiger partial charge is 0.351 e. The second-order valence-electron chi connectivity index (χ2n) is 4.25. The highest BCUT2D eigenvalue weighted by Crippen LogP contribution is 2.17. The van der Waals surface area contributed by atoms with Crippen LogP contribution < -0.4 is 4.90 Å². The van der Waals surface area contributed by atoms with Crippen molar-refractivity contribution in [3.05, 3.63) is 41.6 Å². The van der Waals surface area contributed by atoms with Gasteiger partial charge in [0.25, 0.3) is 0 Å². The van der Waals surface area contributed by atoms with Gasteiger partial charge in [-0.25, -0.2) is 9.97 Å². The van der Waals surface area contributed by atoms with Crippen LogP contribution in [0.5, 0.6) is 0 Å². The van der Waals surface area contributed by atoms with Crippen LogP contribution >= 0.6 is 0 Å². The molecule has 0 saturated carbocycles. The molecule has 5 heteroatoms. The highest BCUT2D eigenvalue weighted by molar-refractivity contribution is 5.53. The molecule has 92 valence electrons. The van der Waals surface area contributed by atoms with Crippen molar-refractivity contribution in [2.24, 2.45) is 7.05 Å². The lowest BCUT2D eigenvalue weighted by atomic mass is 10.2. The van der Waals surface area contributed by atoms with Gasteiger partial charge in [-0.2, -0.15) is 5.26 Å². The molecule has 18 heavy (non-hydrogen) atoms. The Morgan fingerprint density at radius 2 is 2.22 bits per heavy atom. The Bertz CT molecular complexity index is 594. The van der Waals surface area contributed by atoms with E-state index < -0.39 is 0 Å². The molecule has 2 aromatic heterocycles. The third kappa shape index (κ3) is 2.33. The van der Waals surface area contributed by atoms with E-state index in [0.717, 1.165) is 11.5 Å². The van der Waals surface area contributed by atoms with Crippen LogP contribution in [-0.4, -0.2) is 21.6 Å². The summed E-state index contributed by atoms with van der Waals surface area (Å²) in [4.78, 5) is 10.6. The molecule has 0 saturated heterocycles. The lowest BCUT2D eigenvalue weighted by molar-refractivity contribution is 0.754. The molecular weight excluding hydrogens is 226 g/mol. The maximum absolute atomic E-state index is 9.10. The van der Waals surface area contributed by atoms with Crippen LogP contribution in [0.1, 0.15) is 17.1 Å². The predicted molar refractivity (Wildman–Crippen MR) is 69.0 cm³/mol. The smallest absolute Gasteiger partial charge is 0.146 e. The first-order valence-electron chi connectivity index (χ1n) is 5.67. The average Bonchev–Trinajstić information content (AvgIpc) is 2.75. The molecule has 2 aromatic rings. The first kappa shape index (κ1) is 12.1. The Labute approximate surface area is 106 Å². The summed E-state index contributed by atoms with van der Waals surface area (Å²) in [5, 5.41) is 9.10. The predicted octanol–water partition coefficient (Wildman–Crippen LogP) is 1.63. The number of hydrogen-bond acceptors (Lipinski definition) is 4. The molecule has 0 aromatic carbocycles. The van der Waals surface area contributed by atoms with E-state index >= 15 is 0 Å². The standard InChI is InChI=1S/C13H15N5/c1-10-4-5-11(8-14)13(16-10)18(3)9-12-15-6-7-17(12)2/h4-7H,9H2,1-3H3. The van der Waals surface area contributed by atoms with Crippen LogP contribution in [0, 0.1) is 18.3 Å². The molecule has 0 bridgehead atoms. The second kappa shape index (κ2) is 4.88. The van der Waals surface area contributed by atoms with Crippen molar-refractivity contribution in [3.63, 3.8) is 0 Å². The molecule has 0 N–H and O–H groups in total. The summed E-state index contributed by atoms with van der Waals surface area (Å²) in [6, 6.07) is 5.81. The van der Waals surface area contributed by atoms with E-state index in [1.165, 1.54) is 0 Å². The van der Waals surface area contributed by atoms with Crippen molar-refractivity contribution in [2.45, 2.75) is 13.5 Å². The molecule has 0 aliphatic heterocycles. The quantitative estimate of drug-likeness (QED) is 0.819. The molecule has 0 unspecified atom stereocenters. The summed E-state index contributed by atoms with van der Waals surface area (Å²) >= 11 is 0. The minimum absolute atomic E-state index is 0.581. The first-order chi connectivity index (χ1) is 8.61. The van der Waals surface area contributed by atoms with Gasteiger partial charge in [0.1, 0.15) is 17.7 Å². The monoisotopic (exact) mass is 241 g/mol. The van der Waals surface area contributed by atoms with Gasteiger partial charge in [-0.1, -0.05) is 0 Å². The average molecular weight is 241 g/mol. The number of imidazole rings is 1. The van der Waals surface area contributed by atoms with Gasteiger partial charge >= 0.3 is 0 Å². The number of hydrogen-bond donors (Lipinski definition) is 0. The Morgan fingerprint density at radius 1 is 1.44 bits per heavy atom. The zero-order valence-corrected chi connectivity index (χ0v) is 10.8. The molecule has 5 nitrogen and oxygen atoms in total. The van der Waals surface area contributed by atoms with Crippen molar-refractivity contribution >= 4 is 5.82 Å². The Hall–Kier alpha value is -2.35. The summed E-state index contributed by atoms with van der Waals surface area (Å²) in [6.45, 7) is 2.54. The number of aromatic nitrogens is 3. The zero-order valence-electron chi connectivity index (χ0n) is 10.8. The van der Waals surface area contributed by atoms with Gasteiger partial charge in [0.2, 0.25) is 0 Å². The molecule has 0 radical (unpaired) electrons. The molecule has 0 amide bonds. The number of anilines is 1. The van der Waals surface area contributed by atoms with Gasteiger partial charge in [-0.3, -0.25) is 0 Å². The highest BCUT2D eigenvalue weighted by Gasteiger charge is 2.11. The van der Waals surface area contributed by atoms with Gasteiger partial charge in [0, 0.05) is 32.2 Å². The van der Waals surface area contributed by atoms with E-state index in [1.807, 2.05) is 42.7 Å². The lowest BCUT2D eigenvalue weighted by Gasteiger charge is -2.19. The van der Waals surface area contributed by atoms with Crippen LogP contribution in [0.2, 0.25) is 0 Å². The fraction of sp³-hybridized carbons (Fsp3) is 0.308. The summed E-state index contributed by atoms with van der Waals surface area (Å²) < 4.78 is 1.96. The van der Waals surface area contributed by atoms with Crippen LogP contribution in [0.3, 0.4) is 0 Å². The van der Waals surface area contributed by atoms with Crippen LogP contribution in [0.25, 0.3) is 0 Å². The first-order valence-corrected chi connectivity index (χ1v) is 5.67. The van der Waals surface area contributed by atoms with Crippen molar-refractivity contribution < 1.29 is 0 Å². The number of rotatable bonds is 3. The summed E-state index contributed by atoms with van der Waals surface area (Å²) in [5.41, 5.74) is 1.48. The highest BCUT2D eigenvalue weighted by atomic mass is 15.2.